The van der Waals surface area contributed by atoms with Crippen LogP contribution in [0.15, 0.2) is 18.2 Å². The van der Waals surface area contributed by atoms with Gasteiger partial charge < -0.3 is 15.2 Å². The Labute approximate surface area is 125 Å². The molecule has 21 heavy (non-hydrogen) atoms. The summed E-state index contributed by atoms with van der Waals surface area (Å²) in [6.07, 6.45) is 0.676. The van der Waals surface area contributed by atoms with E-state index in [2.05, 4.69) is 5.32 Å². The molecule has 0 bridgehead atoms. The standard InChI is InChI=1S/C16H23NO4/c1-5-11(3)15(16(19)20)17-14(18)9-21-13-8-10(2)6-7-12(13)4/h6-8,11,15H,5,9H2,1-4H3,(H,17,18)(H,19,20)/t11?,15-/m0/s1. The molecule has 5 nitrogen and oxygen atoms in total. The van der Waals surface area contributed by atoms with Crippen molar-refractivity contribution < 1.29 is 19.4 Å². The van der Waals surface area contributed by atoms with Gasteiger partial charge in [-0.1, -0.05) is 32.4 Å². The fourth-order valence-electron chi connectivity index (χ4n) is 1.90. The highest BCUT2D eigenvalue weighted by Gasteiger charge is 2.25. The van der Waals surface area contributed by atoms with Gasteiger partial charge in [-0.05, 0) is 37.0 Å². The summed E-state index contributed by atoms with van der Waals surface area (Å²) in [6.45, 7) is 7.33. The first-order valence-corrected chi connectivity index (χ1v) is 7.07. The van der Waals surface area contributed by atoms with Crippen LogP contribution >= 0.6 is 0 Å². The van der Waals surface area contributed by atoms with Gasteiger partial charge in [0.25, 0.3) is 5.91 Å². The van der Waals surface area contributed by atoms with Crippen molar-refractivity contribution in [3.8, 4) is 5.75 Å². The summed E-state index contributed by atoms with van der Waals surface area (Å²) in [6, 6.07) is 4.85. The molecule has 2 atom stereocenters. The third kappa shape index (κ3) is 5.10. The lowest BCUT2D eigenvalue weighted by molar-refractivity contribution is -0.143. The summed E-state index contributed by atoms with van der Waals surface area (Å²) in [7, 11) is 0. The Bertz CT molecular complexity index is 513. The van der Waals surface area contributed by atoms with E-state index < -0.39 is 17.9 Å². The highest BCUT2D eigenvalue weighted by Crippen LogP contribution is 2.18. The SMILES string of the molecule is CCC(C)[C@H](NC(=O)COc1cc(C)ccc1C)C(=O)O. The molecule has 2 N–H and O–H groups in total. The van der Waals surface area contributed by atoms with Crippen LogP contribution in [0.2, 0.25) is 0 Å². The molecule has 0 saturated heterocycles. The minimum atomic E-state index is -1.02. The van der Waals surface area contributed by atoms with E-state index in [0.29, 0.717) is 12.2 Å². The second-order valence-corrected chi connectivity index (χ2v) is 5.33. The number of carboxylic acids is 1. The van der Waals surface area contributed by atoms with Crippen molar-refractivity contribution in [2.45, 2.75) is 40.2 Å². The molecular weight excluding hydrogens is 270 g/mol. The summed E-state index contributed by atoms with van der Waals surface area (Å²) in [4.78, 5) is 23.0. The minimum absolute atomic E-state index is 0.132. The molecule has 0 heterocycles. The zero-order valence-corrected chi connectivity index (χ0v) is 13.0. The summed E-state index contributed by atoms with van der Waals surface area (Å²) < 4.78 is 5.47. The van der Waals surface area contributed by atoms with E-state index in [4.69, 9.17) is 9.84 Å². The largest absolute Gasteiger partial charge is 0.483 e. The quantitative estimate of drug-likeness (QED) is 0.809. The van der Waals surface area contributed by atoms with Gasteiger partial charge in [-0.25, -0.2) is 4.79 Å². The number of benzene rings is 1. The summed E-state index contributed by atoms with van der Waals surface area (Å²) >= 11 is 0. The van der Waals surface area contributed by atoms with E-state index in [-0.39, 0.29) is 12.5 Å². The highest BCUT2D eigenvalue weighted by atomic mass is 16.5. The fraction of sp³-hybridized carbons (Fsp3) is 0.500. The summed E-state index contributed by atoms with van der Waals surface area (Å²) in [5.74, 6) is -0.944. The van der Waals surface area contributed by atoms with Crippen LogP contribution in [0.3, 0.4) is 0 Å². The van der Waals surface area contributed by atoms with E-state index in [1.165, 1.54) is 0 Å². The Morgan fingerprint density at radius 1 is 1.33 bits per heavy atom. The number of carboxylic acid groups (broad SMARTS) is 1. The minimum Gasteiger partial charge on any atom is -0.483 e. The van der Waals surface area contributed by atoms with Crippen LogP contribution in [0.4, 0.5) is 0 Å². The molecule has 116 valence electrons. The molecule has 0 aliphatic heterocycles. The average molecular weight is 293 g/mol. The van der Waals surface area contributed by atoms with Crippen LogP contribution < -0.4 is 10.1 Å². The number of amides is 1. The maximum atomic E-state index is 11.8. The van der Waals surface area contributed by atoms with Gasteiger partial charge in [-0.3, -0.25) is 4.79 Å². The lowest BCUT2D eigenvalue weighted by Gasteiger charge is -2.20. The first-order valence-electron chi connectivity index (χ1n) is 7.07. The number of aryl methyl sites for hydroxylation is 2. The van der Waals surface area contributed by atoms with Gasteiger partial charge in [0.05, 0.1) is 0 Å². The van der Waals surface area contributed by atoms with Crippen molar-refractivity contribution in [2.24, 2.45) is 5.92 Å². The average Bonchev–Trinajstić information content (AvgIpc) is 2.44. The van der Waals surface area contributed by atoms with Gasteiger partial charge in [0, 0.05) is 0 Å². The second-order valence-electron chi connectivity index (χ2n) is 5.33. The molecule has 1 aromatic rings. The van der Waals surface area contributed by atoms with Crippen LogP contribution in [0.25, 0.3) is 0 Å². The number of hydrogen-bond donors (Lipinski definition) is 2. The number of aliphatic carboxylic acids is 1. The highest BCUT2D eigenvalue weighted by molar-refractivity contribution is 5.84. The topological polar surface area (TPSA) is 75.6 Å². The molecule has 1 unspecified atom stereocenters. The van der Waals surface area contributed by atoms with E-state index in [1.807, 2.05) is 39.0 Å². The smallest absolute Gasteiger partial charge is 0.326 e. The van der Waals surface area contributed by atoms with E-state index in [9.17, 15) is 9.59 Å². The number of ether oxygens (including phenoxy) is 1. The third-order valence-electron chi connectivity index (χ3n) is 3.50. The Kier molecular flexibility index (Phi) is 6.21. The van der Waals surface area contributed by atoms with Crippen molar-refractivity contribution in [2.75, 3.05) is 6.61 Å². The molecule has 0 fully saturated rings. The Hall–Kier alpha value is -2.04. The van der Waals surface area contributed by atoms with Crippen LogP contribution in [0.1, 0.15) is 31.4 Å². The normalized spacial score (nSPS) is 13.3. The fourth-order valence-corrected chi connectivity index (χ4v) is 1.90. The molecule has 0 aliphatic rings. The third-order valence-corrected chi connectivity index (χ3v) is 3.50. The lowest BCUT2D eigenvalue weighted by atomic mass is 9.99. The van der Waals surface area contributed by atoms with Crippen LogP contribution in [-0.4, -0.2) is 29.6 Å². The summed E-state index contributed by atoms with van der Waals surface area (Å²) in [5.41, 5.74) is 1.98. The first kappa shape index (κ1) is 17.0. The van der Waals surface area contributed by atoms with Gasteiger partial charge in [0.2, 0.25) is 0 Å². The van der Waals surface area contributed by atoms with Crippen LogP contribution in [0, 0.1) is 19.8 Å². The number of hydrogen-bond acceptors (Lipinski definition) is 3. The molecular formula is C16H23NO4. The predicted molar refractivity (Wildman–Crippen MR) is 80.4 cm³/mol. The number of carbonyl (C=O) groups excluding carboxylic acids is 1. The van der Waals surface area contributed by atoms with E-state index in [0.717, 1.165) is 11.1 Å². The molecule has 1 amide bonds. The second kappa shape index (κ2) is 7.67. The van der Waals surface area contributed by atoms with Crippen molar-refractivity contribution >= 4 is 11.9 Å². The first-order chi connectivity index (χ1) is 9.85. The van der Waals surface area contributed by atoms with Crippen LogP contribution in [-0.2, 0) is 9.59 Å². The Balaban J connectivity index is 2.61. The molecule has 0 aromatic heterocycles. The van der Waals surface area contributed by atoms with Gasteiger partial charge in [0.15, 0.2) is 6.61 Å². The van der Waals surface area contributed by atoms with Crippen molar-refractivity contribution in [3.05, 3.63) is 29.3 Å². The molecule has 0 saturated carbocycles. The van der Waals surface area contributed by atoms with Crippen molar-refractivity contribution in [1.82, 2.24) is 5.32 Å². The maximum absolute atomic E-state index is 11.8. The predicted octanol–water partition coefficient (Wildman–Crippen LogP) is 2.30. The van der Waals surface area contributed by atoms with Crippen LogP contribution in [0.5, 0.6) is 5.75 Å². The number of rotatable bonds is 7. The zero-order valence-electron chi connectivity index (χ0n) is 13.0. The van der Waals surface area contributed by atoms with E-state index in [1.54, 1.807) is 6.92 Å². The van der Waals surface area contributed by atoms with Crippen molar-refractivity contribution in [3.63, 3.8) is 0 Å². The molecule has 0 radical (unpaired) electrons. The number of nitrogens with one attached hydrogen (secondary N) is 1. The molecule has 1 aromatic carbocycles. The molecule has 1 rings (SSSR count). The monoisotopic (exact) mass is 293 g/mol. The lowest BCUT2D eigenvalue weighted by Crippen LogP contribution is -2.46. The maximum Gasteiger partial charge on any atom is 0.326 e. The zero-order chi connectivity index (χ0) is 16.0. The Morgan fingerprint density at radius 3 is 2.57 bits per heavy atom. The molecule has 0 spiro atoms. The molecule has 5 heteroatoms. The van der Waals surface area contributed by atoms with Gasteiger partial charge >= 0.3 is 5.97 Å². The number of carbonyl (C=O) groups is 2. The molecule has 0 aliphatic carbocycles. The van der Waals surface area contributed by atoms with E-state index >= 15 is 0 Å². The van der Waals surface area contributed by atoms with Gasteiger partial charge in [-0.2, -0.15) is 0 Å². The van der Waals surface area contributed by atoms with Gasteiger partial charge in [0.1, 0.15) is 11.8 Å². The van der Waals surface area contributed by atoms with Gasteiger partial charge in [-0.15, -0.1) is 0 Å². The Morgan fingerprint density at radius 2 is 2.00 bits per heavy atom. The summed E-state index contributed by atoms with van der Waals surface area (Å²) in [5, 5.41) is 11.6. The van der Waals surface area contributed by atoms with Crippen molar-refractivity contribution in [1.29, 1.82) is 0 Å².